The smallest absolute Gasteiger partial charge is 0.456 e. The van der Waals surface area contributed by atoms with E-state index in [1.807, 2.05) is 17.1 Å². The summed E-state index contributed by atoms with van der Waals surface area (Å²) < 4.78 is 49.3. The molecule has 238 valence electrons. The van der Waals surface area contributed by atoms with Crippen LogP contribution in [0.1, 0.15) is 80.4 Å². The maximum absolute atomic E-state index is 13.9. The van der Waals surface area contributed by atoms with Gasteiger partial charge in [-0.05, 0) is 42.7 Å². The van der Waals surface area contributed by atoms with Crippen molar-refractivity contribution in [3.05, 3.63) is 98.6 Å². The summed E-state index contributed by atoms with van der Waals surface area (Å²) in [4.78, 5) is 48.8. The number of esters is 1. The third kappa shape index (κ3) is 9.72. The summed E-state index contributed by atoms with van der Waals surface area (Å²) in [5.74, 6) is -1.79. The van der Waals surface area contributed by atoms with Gasteiger partial charge in [0.1, 0.15) is 24.2 Å². The number of phosphoric ester groups is 1. The van der Waals surface area contributed by atoms with Gasteiger partial charge in [0.15, 0.2) is 0 Å². The van der Waals surface area contributed by atoms with Crippen molar-refractivity contribution in [2.24, 2.45) is 0 Å². The molecule has 1 aliphatic heterocycles. The van der Waals surface area contributed by atoms with Crippen LogP contribution in [-0.4, -0.2) is 39.2 Å². The average Bonchev–Trinajstić information content (AvgIpc) is 3.40. The number of nitrogens with one attached hydrogen (secondary N) is 1. The largest absolute Gasteiger partial charge is 0.527 e. The number of aromatic nitrogens is 2. The van der Waals surface area contributed by atoms with Crippen LogP contribution in [0, 0.1) is 5.82 Å². The standard InChI is InChI=1S/C31H38FN2O9P/c1-2-3-4-5-6-7-9-12-22-15-17-24(18-16-22)43-44(38,39)40-21-27-26(42-30(36)23-13-10-8-11-14-23)19-28(41-27)34-20-25(32)29(35)33-31(34)37/h8,10-11,13-18,20,26-28H,2-7,9,12,19,21H2,1H3,(H,38,39)(H,33,35,37)/t26-,27+,28+/m0/s1. The minimum atomic E-state index is -4.65. The first-order chi connectivity index (χ1) is 21.1. The zero-order valence-electron chi connectivity index (χ0n) is 24.6. The Balaban J connectivity index is 1.36. The first-order valence-electron chi connectivity index (χ1n) is 14.8. The van der Waals surface area contributed by atoms with Crippen molar-refractivity contribution in [2.45, 2.75) is 83.1 Å². The fourth-order valence-corrected chi connectivity index (χ4v) is 5.71. The van der Waals surface area contributed by atoms with Gasteiger partial charge in [0.2, 0.25) is 5.82 Å². The van der Waals surface area contributed by atoms with Crippen molar-refractivity contribution in [2.75, 3.05) is 6.61 Å². The summed E-state index contributed by atoms with van der Waals surface area (Å²) >= 11 is 0. The molecule has 13 heteroatoms. The number of benzene rings is 2. The van der Waals surface area contributed by atoms with Crippen LogP contribution in [0.15, 0.2) is 70.4 Å². The summed E-state index contributed by atoms with van der Waals surface area (Å²) in [7, 11) is -4.65. The number of ether oxygens (including phenoxy) is 2. The molecule has 1 aromatic heterocycles. The average molecular weight is 633 g/mol. The number of phosphoric acid groups is 1. The highest BCUT2D eigenvalue weighted by molar-refractivity contribution is 7.47. The Hall–Kier alpha value is -3.57. The predicted octanol–water partition coefficient (Wildman–Crippen LogP) is 5.68. The Morgan fingerprint density at radius 1 is 1.05 bits per heavy atom. The van der Waals surface area contributed by atoms with Gasteiger partial charge in [-0.2, -0.15) is 4.39 Å². The maximum atomic E-state index is 13.9. The fraction of sp³-hybridized carbons (Fsp3) is 0.452. The van der Waals surface area contributed by atoms with Crippen molar-refractivity contribution in [3.63, 3.8) is 0 Å². The fourth-order valence-electron chi connectivity index (χ4n) is 4.93. The Morgan fingerprint density at radius 2 is 1.73 bits per heavy atom. The Morgan fingerprint density at radius 3 is 2.43 bits per heavy atom. The third-order valence-corrected chi connectivity index (χ3v) is 8.21. The number of unbranched alkanes of at least 4 members (excludes halogenated alkanes) is 6. The Bertz CT molecular complexity index is 1530. The SMILES string of the molecule is CCCCCCCCCc1ccc(OP(=O)(O)OC[C@H]2O[C@@H](n3cc(F)c(=O)[nH]c3=O)C[C@@H]2OC(=O)c2ccccc2)cc1. The molecule has 4 atom stereocenters. The third-order valence-electron chi connectivity index (χ3n) is 7.30. The molecule has 2 aromatic carbocycles. The van der Waals surface area contributed by atoms with Crippen LogP contribution in [0.3, 0.4) is 0 Å². The van der Waals surface area contributed by atoms with Gasteiger partial charge in [-0.25, -0.2) is 14.2 Å². The number of halogens is 1. The van der Waals surface area contributed by atoms with E-state index in [1.165, 1.54) is 32.1 Å². The number of rotatable bonds is 16. The van der Waals surface area contributed by atoms with Crippen molar-refractivity contribution in [1.29, 1.82) is 0 Å². The number of nitrogens with zero attached hydrogens (tertiary/aromatic N) is 1. The van der Waals surface area contributed by atoms with Gasteiger partial charge in [-0.3, -0.25) is 23.8 Å². The predicted molar refractivity (Wildman–Crippen MR) is 160 cm³/mol. The van der Waals surface area contributed by atoms with E-state index in [0.717, 1.165) is 29.4 Å². The van der Waals surface area contributed by atoms with E-state index >= 15 is 0 Å². The second kappa shape index (κ2) is 15.9. The lowest BCUT2D eigenvalue weighted by molar-refractivity contribution is -0.0511. The van der Waals surface area contributed by atoms with E-state index in [2.05, 4.69) is 6.92 Å². The van der Waals surface area contributed by atoms with Gasteiger partial charge in [0, 0.05) is 6.42 Å². The van der Waals surface area contributed by atoms with Crippen molar-refractivity contribution in [3.8, 4) is 5.75 Å². The summed E-state index contributed by atoms with van der Waals surface area (Å²) in [6, 6.07) is 14.9. The van der Waals surface area contributed by atoms with Crippen molar-refractivity contribution < 1.29 is 37.2 Å². The minimum absolute atomic E-state index is 0.130. The van der Waals surface area contributed by atoms with E-state index in [9.17, 15) is 28.2 Å². The molecule has 0 amide bonds. The number of aromatic amines is 1. The van der Waals surface area contributed by atoms with Crippen LogP contribution >= 0.6 is 7.82 Å². The number of hydrogen-bond donors (Lipinski definition) is 2. The highest BCUT2D eigenvalue weighted by Crippen LogP contribution is 2.45. The van der Waals surface area contributed by atoms with Crippen LogP contribution < -0.4 is 15.8 Å². The zero-order chi connectivity index (χ0) is 31.5. The van der Waals surface area contributed by atoms with Gasteiger partial charge in [-0.1, -0.05) is 75.8 Å². The number of H-pyrrole nitrogens is 1. The Labute approximate surface area is 254 Å². The molecule has 2 N–H and O–H groups in total. The zero-order valence-corrected chi connectivity index (χ0v) is 25.5. The number of carbonyl (C=O) groups excluding carboxylic acids is 1. The van der Waals surface area contributed by atoms with E-state index in [-0.39, 0.29) is 17.7 Å². The summed E-state index contributed by atoms with van der Waals surface area (Å²) in [5, 5.41) is 0. The molecular formula is C31H38FN2O9P. The van der Waals surface area contributed by atoms with Gasteiger partial charge in [-0.15, -0.1) is 0 Å². The van der Waals surface area contributed by atoms with Crippen LogP contribution in [0.2, 0.25) is 0 Å². The summed E-state index contributed by atoms with van der Waals surface area (Å²) in [6.45, 7) is 1.64. The normalized spacial score (nSPS) is 19.4. The second-order valence-corrected chi connectivity index (χ2v) is 12.1. The first-order valence-corrected chi connectivity index (χ1v) is 16.3. The molecule has 2 heterocycles. The first kappa shape index (κ1) is 33.3. The molecule has 1 fully saturated rings. The molecule has 1 aliphatic rings. The van der Waals surface area contributed by atoms with Crippen LogP contribution in [0.4, 0.5) is 4.39 Å². The molecular weight excluding hydrogens is 594 g/mol. The molecule has 0 spiro atoms. The van der Waals surface area contributed by atoms with Gasteiger partial charge >= 0.3 is 19.5 Å². The van der Waals surface area contributed by atoms with E-state index < -0.39 is 55.9 Å². The van der Waals surface area contributed by atoms with Gasteiger partial charge in [0.25, 0.3) is 5.56 Å². The molecule has 11 nitrogen and oxygen atoms in total. The van der Waals surface area contributed by atoms with E-state index in [1.54, 1.807) is 42.5 Å². The maximum Gasteiger partial charge on any atom is 0.527 e. The van der Waals surface area contributed by atoms with Crippen molar-refractivity contribution >= 4 is 13.8 Å². The van der Waals surface area contributed by atoms with E-state index in [4.69, 9.17) is 18.5 Å². The molecule has 4 rings (SSSR count). The quantitative estimate of drug-likeness (QED) is 0.116. The monoisotopic (exact) mass is 632 g/mol. The molecule has 1 saturated heterocycles. The second-order valence-electron chi connectivity index (χ2n) is 10.7. The molecule has 1 unspecified atom stereocenters. The van der Waals surface area contributed by atoms with E-state index in [0.29, 0.717) is 6.20 Å². The summed E-state index contributed by atoms with van der Waals surface area (Å²) in [6.07, 6.45) is 6.53. The topological polar surface area (TPSA) is 146 Å². The highest BCUT2D eigenvalue weighted by Gasteiger charge is 2.41. The molecule has 0 bridgehead atoms. The molecule has 44 heavy (non-hydrogen) atoms. The molecule has 0 aliphatic carbocycles. The van der Waals surface area contributed by atoms with Crippen LogP contribution in [0.25, 0.3) is 0 Å². The number of aryl methyl sites for hydroxylation is 1. The Kier molecular flexibility index (Phi) is 12.1. The minimum Gasteiger partial charge on any atom is -0.456 e. The summed E-state index contributed by atoms with van der Waals surface area (Å²) in [5.41, 5.74) is -0.806. The van der Waals surface area contributed by atoms with Gasteiger partial charge in [0.05, 0.1) is 18.4 Å². The lowest BCUT2D eigenvalue weighted by Crippen LogP contribution is -2.34. The molecule has 3 aromatic rings. The molecule has 0 saturated carbocycles. The van der Waals surface area contributed by atoms with Crippen LogP contribution in [0.5, 0.6) is 5.75 Å². The van der Waals surface area contributed by atoms with Gasteiger partial charge < -0.3 is 14.0 Å². The number of carbonyl (C=O) groups is 1. The van der Waals surface area contributed by atoms with Crippen LogP contribution in [-0.2, 0) is 25.0 Å². The lowest BCUT2D eigenvalue weighted by atomic mass is 10.0. The lowest BCUT2D eigenvalue weighted by Gasteiger charge is -2.20. The highest BCUT2D eigenvalue weighted by atomic mass is 31.2. The van der Waals surface area contributed by atoms with Crippen molar-refractivity contribution in [1.82, 2.24) is 9.55 Å². The number of hydrogen-bond acceptors (Lipinski definition) is 8. The molecule has 0 radical (unpaired) electrons.